The predicted molar refractivity (Wildman–Crippen MR) is 77.4 cm³/mol. The van der Waals surface area contributed by atoms with Crippen LogP contribution in [0.1, 0.15) is 21.3 Å². The lowest BCUT2D eigenvalue weighted by Crippen LogP contribution is -2.34. The van der Waals surface area contributed by atoms with Crippen molar-refractivity contribution in [2.24, 2.45) is 0 Å². The maximum atomic E-state index is 13.1. The predicted octanol–water partition coefficient (Wildman–Crippen LogP) is 5.09. The summed E-state index contributed by atoms with van der Waals surface area (Å²) in [5.41, 5.74) is 0.159. The van der Waals surface area contributed by atoms with E-state index < -0.39 is 29.4 Å². The standard InChI is InChI=1S/C16H11ClF4O2/c17-13(10-6-2-1-3-7-10)14(22)11-8-4-5-9-12(11)23-16(20,21)15(18)19/h1-9,13,15H. The Morgan fingerprint density at radius 3 is 2.17 bits per heavy atom. The third-order valence-electron chi connectivity index (χ3n) is 2.98. The molecule has 122 valence electrons. The fraction of sp³-hybridized carbons (Fsp3) is 0.188. The number of hydrogen-bond acceptors (Lipinski definition) is 2. The van der Waals surface area contributed by atoms with E-state index in [1.165, 1.54) is 18.2 Å². The number of ketones is 1. The largest absolute Gasteiger partial charge is 0.461 e. The summed E-state index contributed by atoms with van der Waals surface area (Å²) in [7, 11) is 0. The highest BCUT2D eigenvalue weighted by Gasteiger charge is 2.44. The van der Waals surface area contributed by atoms with Gasteiger partial charge in [0.05, 0.1) is 5.56 Å². The molecule has 2 nitrogen and oxygen atoms in total. The van der Waals surface area contributed by atoms with Crippen molar-refractivity contribution in [1.82, 2.24) is 0 Å². The van der Waals surface area contributed by atoms with Crippen LogP contribution in [-0.2, 0) is 0 Å². The SMILES string of the molecule is O=C(c1ccccc1OC(F)(F)C(F)F)C(Cl)c1ccccc1. The minimum Gasteiger partial charge on any atom is -0.428 e. The molecular weight excluding hydrogens is 336 g/mol. The summed E-state index contributed by atoms with van der Waals surface area (Å²) in [5.74, 6) is -1.37. The number of Topliss-reactive ketones (excluding diaryl/α,β-unsaturated/α-hetero) is 1. The molecule has 1 atom stereocenters. The van der Waals surface area contributed by atoms with Crippen molar-refractivity contribution < 1.29 is 27.1 Å². The third kappa shape index (κ3) is 4.01. The second kappa shape index (κ2) is 7.00. The zero-order valence-corrected chi connectivity index (χ0v) is 12.3. The van der Waals surface area contributed by atoms with Gasteiger partial charge in [-0.15, -0.1) is 11.6 Å². The van der Waals surface area contributed by atoms with Crippen molar-refractivity contribution in [3.8, 4) is 5.75 Å². The molecule has 0 N–H and O–H groups in total. The Kier molecular flexibility index (Phi) is 5.26. The molecule has 2 aromatic carbocycles. The smallest absolute Gasteiger partial charge is 0.428 e. The molecule has 0 saturated carbocycles. The molecule has 0 amide bonds. The topological polar surface area (TPSA) is 26.3 Å². The number of rotatable bonds is 6. The lowest BCUT2D eigenvalue weighted by atomic mass is 10.0. The van der Waals surface area contributed by atoms with Crippen LogP contribution in [0.15, 0.2) is 54.6 Å². The summed E-state index contributed by atoms with van der Waals surface area (Å²) >= 11 is 6.06. The van der Waals surface area contributed by atoms with E-state index in [0.717, 1.165) is 6.07 Å². The Balaban J connectivity index is 2.31. The second-order valence-electron chi connectivity index (χ2n) is 4.60. The van der Waals surface area contributed by atoms with Crippen LogP contribution in [0.2, 0.25) is 0 Å². The Bertz CT molecular complexity index is 677. The Morgan fingerprint density at radius 1 is 1.00 bits per heavy atom. The van der Waals surface area contributed by atoms with Gasteiger partial charge in [-0.3, -0.25) is 4.79 Å². The van der Waals surface area contributed by atoms with Gasteiger partial charge in [0.25, 0.3) is 0 Å². The normalized spacial score (nSPS) is 13.0. The fourth-order valence-electron chi connectivity index (χ4n) is 1.86. The molecule has 23 heavy (non-hydrogen) atoms. The van der Waals surface area contributed by atoms with E-state index in [0.29, 0.717) is 5.56 Å². The Morgan fingerprint density at radius 2 is 1.57 bits per heavy atom. The first-order valence-electron chi connectivity index (χ1n) is 6.50. The first kappa shape index (κ1) is 17.3. The van der Waals surface area contributed by atoms with Crippen molar-refractivity contribution in [1.29, 1.82) is 0 Å². The minimum atomic E-state index is -4.70. The van der Waals surface area contributed by atoms with Crippen molar-refractivity contribution in [2.45, 2.75) is 17.9 Å². The Labute approximate surface area is 134 Å². The highest BCUT2D eigenvalue weighted by atomic mass is 35.5. The van der Waals surface area contributed by atoms with Crippen molar-refractivity contribution in [2.75, 3.05) is 0 Å². The van der Waals surface area contributed by atoms with Crippen LogP contribution in [0.3, 0.4) is 0 Å². The van der Waals surface area contributed by atoms with Gasteiger partial charge in [-0.05, 0) is 17.7 Å². The van der Waals surface area contributed by atoms with Gasteiger partial charge in [-0.1, -0.05) is 42.5 Å². The first-order valence-corrected chi connectivity index (χ1v) is 6.94. The highest BCUT2D eigenvalue weighted by molar-refractivity contribution is 6.34. The van der Waals surface area contributed by atoms with Crippen molar-refractivity contribution >= 4 is 17.4 Å². The van der Waals surface area contributed by atoms with Gasteiger partial charge in [0.2, 0.25) is 0 Å². The average Bonchev–Trinajstić information content (AvgIpc) is 2.54. The van der Waals surface area contributed by atoms with E-state index in [-0.39, 0.29) is 5.56 Å². The molecule has 2 aromatic rings. The summed E-state index contributed by atoms with van der Waals surface area (Å²) in [6.45, 7) is 0. The molecule has 0 heterocycles. The lowest BCUT2D eigenvalue weighted by molar-refractivity contribution is -0.253. The van der Waals surface area contributed by atoms with E-state index >= 15 is 0 Å². The maximum absolute atomic E-state index is 13.1. The van der Waals surface area contributed by atoms with Gasteiger partial charge in [-0.2, -0.15) is 17.6 Å². The van der Waals surface area contributed by atoms with Crippen LogP contribution in [0.5, 0.6) is 5.75 Å². The van der Waals surface area contributed by atoms with Crippen LogP contribution in [-0.4, -0.2) is 18.3 Å². The summed E-state index contributed by atoms with van der Waals surface area (Å²) in [4.78, 5) is 12.4. The number of benzene rings is 2. The van der Waals surface area contributed by atoms with Gasteiger partial charge in [-0.25, -0.2) is 0 Å². The molecule has 0 radical (unpaired) electrons. The molecule has 0 aliphatic carbocycles. The van der Waals surface area contributed by atoms with Gasteiger partial charge >= 0.3 is 12.5 Å². The average molecular weight is 347 g/mol. The van der Waals surface area contributed by atoms with Crippen LogP contribution < -0.4 is 4.74 Å². The molecule has 0 aromatic heterocycles. The van der Waals surface area contributed by atoms with Gasteiger partial charge in [0.1, 0.15) is 11.1 Å². The number of carbonyl (C=O) groups is 1. The molecule has 1 unspecified atom stereocenters. The van der Waals surface area contributed by atoms with E-state index in [4.69, 9.17) is 11.6 Å². The highest BCUT2D eigenvalue weighted by Crippen LogP contribution is 2.33. The molecule has 0 aliphatic rings. The van der Waals surface area contributed by atoms with E-state index in [9.17, 15) is 22.4 Å². The zero-order valence-electron chi connectivity index (χ0n) is 11.6. The molecule has 0 fully saturated rings. The second-order valence-corrected chi connectivity index (χ2v) is 5.03. The first-order chi connectivity index (χ1) is 10.8. The Hall–Kier alpha value is -2.08. The molecule has 0 bridgehead atoms. The molecule has 0 spiro atoms. The molecule has 0 saturated heterocycles. The van der Waals surface area contributed by atoms with Crippen LogP contribution >= 0.6 is 11.6 Å². The van der Waals surface area contributed by atoms with Gasteiger partial charge in [0.15, 0.2) is 5.78 Å². The summed E-state index contributed by atoms with van der Waals surface area (Å²) in [6, 6.07) is 13.1. The van der Waals surface area contributed by atoms with E-state index in [2.05, 4.69) is 4.74 Å². The summed E-state index contributed by atoms with van der Waals surface area (Å²) < 4.78 is 54.7. The molecule has 0 aliphatic heterocycles. The number of hydrogen-bond donors (Lipinski definition) is 0. The number of halogens is 5. The molecular formula is C16H11ClF4O2. The third-order valence-corrected chi connectivity index (χ3v) is 3.43. The number of alkyl halides is 5. The van der Waals surface area contributed by atoms with Gasteiger partial charge < -0.3 is 4.74 Å². The fourth-order valence-corrected chi connectivity index (χ4v) is 2.12. The minimum absolute atomic E-state index is 0.295. The number of carbonyl (C=O) groups excluding carboxylic acids is 1. The van der Waals surface area contributed by atoms with Crippen molar-refractivity contribution in [3.05, 3.63) is 65.7 Å². The van der Waals surface area contributed by atoms with Crippen molar-refractivity contribution in [3.63, 3.8) is 0 Å². The van der Waals surface area contributed by atoms with Crippen LogP contribution in [0.25, 0.3) is 0 Å². The van der Waals surface area contributed by atoms with Crippen LogP contribution in [0.4, 0.5) is 17.6 Å². The van der Waals surface area contributed by atoms with Gasteiger partial charge in [0, 0.05) is 0 Å². The molecule has 7 heteroatoms. The summed E-state index contributed by atoms with van der Waals surface area (Å²) in [5, 5.41) is -1.15. The molecule has 2 rings (SSSR count). The van der Waals surface area contributed by atoms with E-state index in [1.807, 2.05) is 0 Å². The summed E-state index contributed by atoms with van der Waals surface area (Å²) in [6.07, 6.45) is -8.73. The van der Waals surface area contributed by atoms with Crippen LogP contribution in [0, 0.1) is 0 Å². The number of ether oxygens (including phenoxy) is 1. The quantitative estimate of drug-likeness (QED) is 0.414. The zero-order chi connectivity index (χ0) is 17.0. The lowest BCUT2D eigenvalue weighted by Gasteiger charge is -2.19. The monoisotopic (exact) mass is 346 g/mol. The van der Waals surface area contributed by atoms with E-state index in [1.54, 1.807) is 30.3 Å². The maximum Gasteiger partial charge on any atom is 0.461 e. The number of para-hydroxylation sites is 1.